The second-order valence-corrected chi connectivity index (χ2v) is 4.47. The molecule has 1 rings (SSSR count). The highest BCUT2D eigenvalue weighted by molar-refractivity contribution is 6.35. The van der Waals surface area contributed by atoms with Crippen LogP contribution in [0.3, 0.4) is 0 Å². The quantitative estimate of drug-likeness (QED) is 0.670. The Balaban J connectivity index is 2.43. The molecule has 0 aliphatic rings. The Morgan fingerprint density at radius 1 is 1.22 bits per heavy atom. The predicted octanol–water partition coefficient (Wildman–Crippen LogP) is 2.68. The molecule has 1 aromatic rings. The van der Waals surface area contributed by atoms with Crippen LogP contribution in [-0.2, 0) is 9.53 Å². The summed E-state index contributed by atoms with van der Waals surface area (Å²) in [6, 6.07) is 4.61. The fourth-order valence-electron chi connectivity index (χ4n) is 1.32. The van der Waals surface area contributed by atoms with Gasteiger partial charge in [0.1, 0.15) is 0 Å². The summed E-state index contributed by atoms with van der Waals surface area (Å²) < 4.78 is 4.49. The number of halogens is 2. The van der Waals surface area contributed by atoms with Crippen LogP contribution in [0.1, 0.15) is 23.2 Å². The molecule has 0 bridgehead atoms. The van der Waals surface area contributed by atoms with Crippen LogP contribution in [0.25, 0.3) is 0 Å². The van der Waals surface area contributed by atoms with Gasteiger partial charge in [0.25, 0.3) is 5.91 Å². The number of hydrogen-bond acceptors (Lipinski definition) is 3. The smallest absolute Gasteiger partial charge is 0.305 e. The molecule has 0 unspecified atom stereocenters. The molecular weight excluding hydrogens is 277 g/mol. The van der Waals surface area contributed by atoms with Crippen molar-refractivity contribution in [2.24, 2.45) is 0 Å². The van der Waals surface area contributed by atoms with Gasteiger partial charge in [0.2, 0.25) is 0 Å². The molecule has 0 aliphatic heterocycles. The van der Waals surface area contributed by atoms with E-state index in [2.05, 4.69) is 10.1 Å². The summed E-state index contributed by atoms with van der Waals surface area (Å²) in [7, 11) is 1.33. The first-order chi connectivity index (χ1) is 8.52. The molecule has 0 saturated carbocycles. The molecule has 1 amide bonds. The summed E-state index contributed by atoms with van der Waals surface area (Å²) in [5.41, 5.74) is 0.394. The van der Waals surface area contributed by atoms with Gasteiger partial charge in [0, 0.05) is 28.6 Å². The van der Waals surface area contributed by atoms with Gasteiger partial charge in [0.15, 0.2) is 0 Å². The third-order valence-electron chi connectivity index (χ3n) is 2.20. The van der Waals surface area contributed by atoms with E-state index in [1.54, 1.807) is 6.07 Å². The van der Waals surface area contributed by atoms with Gasteiger partial charge in [-0.25, -0.2) is 0 Å². The molecule has 0 aliphatic carbocycles. The standard InChI is InChI=1S/C12H13Cl2NO3/c1-18-11(16)3-2-4-15-12(17)8-5-9(13)7-10(14)6-8/h5-7H,2-4H2,1H3,(H,15,17). The number of rotatable bonds is 5. The predicted molar refractivity (Wildman–Crippen MR) is 70.0 cm³/mol. The van der Waals surface area contributed by atoms with Crippen LogP contribution >= 0.6 is 23.2 Å². The van der Waals surface area contributed by atoms with Crippen LogP contribution in [0.2, 0.25) is 10.0 Å². The first kappa shape index (κ1) is 14.8. The van der Waals surface area contributed by atoms with Gasteiger partial charge in [-0.1, -0.05) is 23.2 Å². The number of nitrogens with one attached hydrogen (secondary N) is 1. The van der Waals surface area contributed by atoms with Crippen molar-refractivity contribution in [3.8, 4) is 0 Å². The lowest BCUT2D eigenvalue weighted by molar-refractivity contribution is -0.140. The Bertz CT molecular complexity index is 429. The van der Waals surface area contributed by atoms with Crippen molar-refractivity contribution >= 4 is 35.1 Å². The van der Waals surface area contributed by atoms with Crippen molar-refractivity contribution in [3.63, 3.8) is 0 Å². The van der Waals surface area contributed by atoms with Crippen LogP contribution < -0.4 is 5.32 Å². The van der Waals surface area contributed by atoms with Gasteiger partial charge < -0.3 is 10.1 Å². The molecule has 0 aromatic heterocycles. The Hall–Kier alpha value is -1.26. The van der Waals surface area contributed by atoms with Crippen molar-refractivity contribution in [2.75, 3.05) is 13.7 Å². The third-order valence-corrected chi connectivity index (χ3v) is 2.63. The number of hydrogen-bond donors (Lipinski definition) is 1. The van der Waals surface area contributed by atoms with E-state index in [0.717, 1.165) is 0 Å². The molecule has 1 aromatic carbocycles. The summed E-state index contributed by atoms with van der Waals surface area (Å²) in [6.45, 7) is 0.387. The molecule has 0 saturated heterocycles. The lowest BCUT2D eigenvalue weighted by Crippen LogP contribution is -2.25. The van der Waals surface area contributed by atoms with Gasteiger partial charge in [-0.2, -0.15) is 0 Å². The second-order valence-electron chi connectivity index (χ2n) is 3.59. The second kappa shape index (κ2) is 7.24. The zero-order chi connectivity index (χ0) is 13.5. The molecule has 0 radical (unpaired) electrons. The fourth-order valence-corrected chi connectivity index (χ4v) is 1.85. The van der Waals surface area contributed by atoms with E-state index in [1.165, 1.54) is 19.2 Å². The highest BCUT2D eigenvalue weighted by Crippen LogP contribution is 2.18. The van der Waals surface area contributed by atoms with Gasteiger partial charge in [-0.3, -0.25) is 9.59 Å². The maximum atomic E-state index is 11.7. The van der Waals surface area contributed by atoms with Gasteiger partial charge >= 0.3 is 5.97 Å². The minimum absolute atomic E-state index is 0.271. The zero-order valence-corrected chi connectivity index (χ0v) is 11.3. The maximum Gasteiger partial charge on any atom is 0.305 e. The highest BCUT2D eigenvalue weighted by atomic mass is 35.5. The minimum atomic E-state index is -0.296. The van der Waals surface area contributed by atoms with Crippen LogP contribution in [0.4, 0.5) is 0 Å². The Kier molecular flexibility index (Phi) is 5.95. The zero-order valence-electron chi connectivity index (χ0n) is 9.83. The Morgan fingerprint density at radius 2 is 1.83 bits per heavy atom. The Labute approximate surface area is 115 Å². The van der Waals surface area contributed by atoms with E-state index in [1.807, 2.05) is 0 Å². The fraction of sp³-hybridized carbons (Fsp3) is 0.333. The minimum Gasteiger partial charge on any atom is -0.469 e. The average Bonchev–Trinajstić information content (AvgIpc) is 2.32. The van der Waals surface area contributed by atoms with Crippen LogP contribution in [0, 0.1) is 0 Å². The Morgan fingerprint density at radius 3 is 2.39 bits per heavy atom. The number of methoxy groups -OCH3 is 1. The number of carbonyl (C=O) groups is 2. The van der Waals surface area contributed by atoms with Crippen molar-refractivity contribution in [3.05, 3.63) is 33.8 Å². The van der Waals surface area contributed by atoms with Crippen molar-refractivity contribution < 1.29 is 14.3 Å². The summed E-state index contributed by atoms with van der Waals surface area (Å²) in [6.07, 6.45) is 0.791. The topological polar surface area (TPSA) is 55.4 Å². The summed E-state index contributed by atoms with van der Waals surface area (Å²) in [4.78, 5) is 22.6. The summed E-state index contributed by atoms with van der Waals surface area (Å²) >= 11 is 11.6. The van der Waals surface area contributed by atoms with E-state index in [0.29, 0.717) is 28.6 Å². The number of carbonyl (C=O) groups excluding carboxylic acids is 2. The summed E-state index contributed by atoms with van der Waals surface area (Å²) in [5.74, 6) is -0.570. The van der Waals surface area contributed by atoms with E-state index >= 15 is 0 Å². The molecule has 0 heterocycles. The van der Waals surface area contributed by atoms with Crippen molar-refractivity contribution in [1.29, 1.82) is 0 Å². The maximum absolute atomic E-state index is 11.7. The first-order valence-electron chi connectivity index (χ1n) is 5.34. The number of benzene rings is 1. The molecule has 0 fully saturated rings. The molecular formula is C12H13Cl2NO3. The molecule has 0 spiro atoms. The number of esters is 1. The van der Waals surface area contributed by atoms with E-state index in [9.17, 15) is 9.59 Å². The van der Waals surface area contributed by atoms with E-state index < -0.39 is 0 Å². The third kappa shape index (κ3) is 4.94. The van der Waals surface area contributed by atoms with Crippen LogP contribution in [-0.4, -0.2) is 25.5 Å². The first-order valence-corrected chi connectivity index (χ1v) is 6.09. The van der Waals surface area contributed by atoms with Crippen molar-refractivity contribution in [1.82, 2.24) is 5.32 Å². The lowest BCUT2D eigenvalue weighted by atomic mass is 10.2. The van der Waals surface area contributed by atoms with Gasteiger partial charge in [0.05, 0.1) is 7.11 Å². The lowest BCUT2D eigenvalue weighted by Gasteiger charge is -2.05. The van der Waals surface area contributed by atoms with Crippen LogP contribution in [0.15, 0.2) is 18.2 Å². The molecule has 0 atom stereocenters. The largest absolute Gasteiger partial charge is 0.469 e. The highest BCUT2D eigenvalue weighted by Gasteiger charge is 2.07. The van der Waals surface area contributed by atoms with Crippen molar-refractivity contribution in [2.45, 2.75) is 12.8 Å². The average molecular weight is 290 g/mol. The summed E-state index contributed by atoms with van der Waals surface area (Å²) in [5, 5.41) is 3.48. The monoisotopic (exact) mass is 289 g/mol. The number of ether oxygens (including phenoxy) is 1. The van der Waals surface area contributed by atoms with E-state index in [-0.39, 0.29) is 18.3 Å². The normalized spacial score (nSPS) is 9.94. The molecule has 4 nitrogen and oxygen atoms in total. The molecule has 18 heavy (non-hydrogen) atoms. The van der Waals surface area contributed by atoms with E-state index in [4.69, 9.17) is 23.2 Å². The SMILES string of the molecule is COC(=O)CCCNC(=O)c1cc(Cl)cc(Cl)c1. The molecule has 6 heteroatoms. The molecule has 1 N–H and O–H groups in total. The van der Waals surface area contributed by atoms with Gasteiger partial charge in [-0.15, -0.1) is 0 Å². The number of amides is 1. The van der Waals surface area contributed by atoms with Crippen LogP contribution in [0.5, 0.6) is 0 Å². The molecule has 98 valence electrons. The van der Waals surface area contributed by atoms with Gasteiger partial charge in [-0.05, 0) is 24.6 Å².